The van der Waals surface area contributed by atoms with E-state index in [1.54, 1.807) is 24.5 Å². The highest BCUT2D eigenvalue weighted by Gasteiger charge is 2.27. The molecular weight excluding hydrogens is 436 g/mol. The maximum absolute atomic E-state index is 12.0. The molecule has 0 radical (unpaired) electrons. The summed E-state index contributed by atoms with van der Waals surface area (Å²) >= 11 is 1.63. The van der Waals surface area contributed by atoms with Gasteiger partial charge >= 0.3 is 5.97 Å². The van der Waals surface area contributed by atoms with Gasteiger partial charge in [0, 0.05) is 21.4 Å². The van der Waals surface area contributed by atoms with E-state index in [0.717, 1.165) is 39.4 Å². The van der Waals surface area contributed by atoms with E-state index in [1.165, 1.54) is 23.3 Å². The molecule has 30 heavy (non-hydrogen) atoms. The molecule has 1 aliphatic rings. The van der Waals surface area contributed by atoms with Gasteiger partial charge in [0.05, 0.1) is 11.3 Å². The van der Waals surface area contributed by atoms with Gasteiger partial charge < -0.3 is 14.4 Å². The molecule has 0 bridgehead atoms. The maximum atomic E-state index is 12.0. The lowest BCUT2D eigenvalue weighted by Gasteiger charge is -2.15. The van der Waals surface area contributed by atoms with Gasteiger partial charge in [0.2, 0.25) is 0 Å². The molecule has 1 saturated carbocycles. The normalized spacial score (nSPS) is 14.2. The molecule has 0 spiro atoms. The Morgan fingerprint density at radius 1 is 1.27 bits per heavy atom. The van der Waals surface area contributed by atoms with Gasteiger partial charge in [-0.15, -0.1) is 11.3 Å². The Balaban J connectivity index is 1.68. The molecule has 1 aliphatic carbocycles. The first-order valence-corrected chi connectivity index (χ1v) is 12.4. The van der Waals surface area contributed by atoms with E-state index in [1.807, 2.05) is 30.3 Å². The molecule has 0 amide bonds. The third-order valence-corrected chi connectivity index (χ3v) is 7.69. The molecule has 1 atom stereocenters. The van der Waals surface area contributed by atoms with Crippen LogP contribution in [-0.2, 0) is 11.2 Å². The number of hydrogen-bond acceptors (Lipinski definition) is 6. The largest absolute Gasteiger partial charge is 0.612 e. The lowest BCUT2D eigenvalue weighted by molar-refractivity contribution is 0.0696. The van der Waals surface area contributed by atoms with Gasteiger partial charge in [-0.05, 0) is 83.8 Å². The maximum Gasteiger partial charge on any atom is 0.335 e. The number of carboxylic acid groups (broad SMARTS) is 1. The second-order valence-corrected chi connectivity index (χ2v) is 10.3. The van der Waals surface area contributed by atoms with Crippen molar-refractivity contribution in [3.63, 3.8) is 0 Å². The molecule has 3 aromatic rings. The topological polar surface area (TPSA) is 96.2 Å². The van der Waals surface area contributed by atoms with Crippen LogP contribution in [0.25, 0.3) is 10.4 Å². The van der Waals surface area contributed by atoms with Crippen molar-refractivity contribution in [2.45, 2.75) is 28.6 Å². The van der Waals surface area contributed by atoms with E-state index in [0.29, 0.717) is 15.7 Å². The fourth-order valence-electron chi connectivity index (χ4n) is 3.14. The number of carboxylic acids is 1. The van der Waals surface area contributed by atoms with Gasteiger partial charge in [-0.2, -0.15) is 5.26 Å². The first-order chi connectivity index (χ1) is 14.5. The van der Waals surface area contributed by atoms with E-state index in [-0.39, 0.29) is 5.56 Å². The highest BCUT2D eigenvalue weighted by atomic mass is 32.2. The number of nitrogens with one attached hydrogen (secondary N) is 1. The van der Waals surface area contributed by atoms with Crippen LogP contribution in [0.5, 0.6) is 0 Å². The predicted molar refractivity (Wildman–Crippen MR) is 122 cm³/mol. The summed E-state index contributed by atoms with van der Waals surface area (Å²) in [5.74, 6) is -0.479. The fraction of sp³-hybridized carbons (Fsp3) is 0.182. The first-order valence-electron chi connectivity index (χ1n) is 9.24. The summed E-state index contributed by atoms with van der Waals surface area (Å²) in [6.45, 7) is 0. The molecule has 4 rings (SSSR count). The van der Waals surface area contributed by atoms with Crippen molar-refractivity contribution in [3.8, 4) is 16.5 Å². The molecule has 1 aromatic heterocycles. The van der Waals surface area contributed by atoms with E-state index in [4.69, 9.17) is 5.26 Å². The number of carbonyl (C=O) groups is 1. The third kappa shape index (κ3) is 4.50. The number of aromatic carboxylic acids is 1. The molecular formula is C22H18N2O3S3. The van der Waals surface area contributed by atoms with Crippen molar-refractivity contribution in [2.75, 3.05) is 11.0 Å². The van der Waals surface area contributed by atoms with Crippen LogP contribution in [0.15, 0.2) is 58.3 Å². The Morgan fingerprint density at radius 2 is 2.07 bits per heavy atom. The highest BCUT2D eigenvalue weighted by molar-refractivity contribution is 8.00. The van der Waals surface area contributed by atoms with Crippen molar-refractivity contribution < 1.29 is 14.5 Å². The summed E-state index contributed by atoms with van der Waals surface area (Å²) in [4.78, 5) is 14.6. The number of anilines is 1. The lowest BCUT2D eigenvalue weighted by Crippen LogP contribution is -2.01. The first kappa shape index (κ1) is 20.8. The van der Waals surface area contributed by atoms with Gasteiger partial charge in [0.15, 0.2) is 4.90 Å². The SMILES string of the molecule is C[S+]([O-])c1ccc(-c2ccc(C#N)s2)c(NSc2cc(C(=O)O)ccc2C2CC2)c1. The minimum Gasteiger partial charge on any atom is -0.612 e. The number of thiophene rings is 1. The summed E-state index contributed by atoms with van der Waals surface area (Å²) in [5, 5.41) is 18.5. The minimum absolute atomic E-state index is 0.254. The molecule has 0 saturated heterocycles. The Hall–Kier alpha value is -2.44. The van der Waals surface area contributed by atoms with Crippen LogP contribution < -0.4 is 4.72 Å². The smallest absolute Gasteiger partial charge is 0.335 e. The van der Waals surface area contributed by atoms with Gasteiger partial charge in [-0.1, -0.05) is 6.07 Å². The zero-order chi connectivity index (χ0) is 21.3. The van der Waals surface area contributed by atoms with Crippen molar-refractivity contribution >= 4 is 46.1 Å². The molecule has 2 aromatic carbocycles. The summed E-state index contributed by atoms with van der Waals surface area (Å²) in [7, 11) is 0. The molecule has 2 N–H and O–H groups in total. The van der Waals surface area contributed by atoms with Gasteiger partial charge in [-0.25, -0.2) is 4.79 Å². The number of rotatable bonds is 7. The number of hydrogen-bond donors (Lipinski definition) is 2. The Bertz CT molecular complexity index is 1150. The van der Waals surface area contributed by atoms with Crippen LogP contribution in [0.4, 0.5) is 5.69 Å². The number of nitriles is 1. The minimum atomic E-state index is -1.14. The molecule has 1 fully saturated rings. The summed E-state index contributed by atoms with van der Waals surface area (Å²) in [5.41, 5.74) is 3.09. The molecule has 8 heteroatoms. The number of benzene rings is 2. The zero-order valence-electron chi connectivity index (χ0n) is 16.0. The van der Waals surface area contributed by atoms with Gasteiger partial charge in [0.25, 0.3) is 0 Å². The van der Waals surface area contributed by atoms with Crippen LogP contribution in [0.1, 0.15) is 39.6 Å². The third-order valence-electron chi connectivity index (χ3n) is 4.85. The highest BCUT2D eigenvalue weighted by Crippen LogP contribution is 2.45. The average Bonchev–Trinajstić information content (AvgIpc) is 3.48. The summed E-state index contributed by atoms with van der Waals surface area (Å²) < 4.78 is 15.4. The van der Waals surface area contributed by atoms with Crippen LogP contribution in [0.3, 0.4) is 0 Å². The van der Waals surface area contributed by atoms with Gasteiger partial charge in [0.1, 0.15) is 17.2 Å². The van der Waals surface area contributed by atoms with Crippen molar-refractivity contribution in [1.29, 1.82) is 5.26 Å². The van der Waals surface area contributed by atoms with Crippen molar-refractivity contribution in [3.05, 3.63) is 64.5 Å². The summed E-state index contributed by atoms with van der Waals surface area (Å²) in [6, 6.07) is 16.7. The van der Waals surface area contributed by atoms with Crippen LogP contribution in [0.2, 0.25) is 0 Å². The van der Waals surface area contributed by atoms with Crippen LogP contribution in [-0.4, -0.2) is 21.9 Å². The van der Waals surface area contributed by atoms with E-state index < -0.39 is 17.1 Å². The average molecular weight is 455 g/mol. The molecule has 1 heterocycles. The second-order valence-electron chi connectivity index (χ2n) is 6.97. The Kier molecular flexibility index (Phi) is 6.06. The number of nitrogens with zero attached hydrogens (tertiary/aromatic N) is 1. The molecule has 1 unspecified atom stereocenters. The Morgan fingerprint density at radius 3 is 2.70 bits per heavy atom. The van der Waals surface area contributed by atoms with E-state index in [2.05, 4.69) is 10.8 Å². The van der Waals surface area contributed by atoms with E-state index >= 15 is 0 Å². The van der Waals surface area contributed by atoms with Crippen molar-refractivity contribution in [2.24, 2.45) is 0 Å². The second kappa shape index (κ2) is 8.74. The van der Waals surface area contributed by atoms with Crippen LogP contribution >= 0.6 is 23.3 Å². The van der Waals surface area contributed by atoms with E-state index in [9.17, 15) is 14.5 Å². The molecule has 152 valence electrons. The fourth-order valence-corrected chi connectivity index (χ4v) is 5.45. The summed E-state index contributed by atoms with van der Waals surface area (Å²) in [6.07, 6.45) is 3.86. The Labute approximate surface area is 186 Å². The monoisotopic (exact) mass is 454 g/mol. The lowest BCUT2D eigenvalue weighted by atomic mass is 10.1. The zero-order valence-corrected chi connectivity index (χ0v) is 18.5. The van der Waals surface area contributed by atoms with Gasteiger partial charge in [-0.3, -0.25) is 0 Å². The predicted octanol–water partition coefficient (Wildman–Crippen LogP) is 5.72. The van der Waals surface area contributed by atoms with Crippen LogP contribution in [0, 0.1) is 11.3 Å². The standard InChI is InChI=1S/C22H18N2O3S3/c1-30(27)16-6-8-18(20-9-5-15(12-23)28-20)19(11-16)24-29-21-10-14(22(25)26)4-7-17(21)13-2-3-13/h4-11,13,24H,2-3H2,1H3,(H,25,26). The molecule has 5 nitrogen and oxygen atoms in total. The van der Waals surface area contributed by atoms with Crippen molar-refractivity contribution in [1.82, 2.24) is 0 Å². The quantitative estimate of drug-likeness (QED) is 0.350. The molecule has 0 aliphatic heterocycles.